The molecule has 1 saturated carbocycles. The summed E-state index contributed by atoms with van der Waals surface area (Å²) in [5, 5.41) is 0. The Kier molecular flexibility index (Phi) is 3.54. The number of carbonyl (C=O) groups excluding carboxylic acids is 1. The van der Waals surface area contributed by atoms with Crippen LogP contribution in [0.5, 0.6) is 0 Å². The molecule has 0 unspecified atom stereocenters. The van der Waals surface area contributed by atoms with Crippen LogP contribution in [0.2, 0.25) is 0 Å². The van der Waals surface area contributed by atoms with E-state index in [0.717, 1.165) is 6.42 Å². The van der Waals surface area contributed by atoms with Crippen LogP contribution < -0.4 is 0 Å². The Hall–Kier alpha value is -0.830. The van der Waals surface area contributed by atoms with Crippen LogP contribution in [-0.2, 0) is 14.3 Å². The normalized spacial score (nSPS) is 41.7. The third-order valence-corrected chi connectivity index (χ3v) is 5.16. The van der Waals surface area contributed by atoms with E-state index >= 15 is 0 Å². The van der Waals surface area contributed by atoms with Gasteiger partial charge in [-0.1, -0.05) is 26.8 Å². The van der Waals surface area contributed by atoms with E-state index < -0.39 is 0 Å². The topological polar surface area (TPSA) is 38.8 Å². The Balaban J connectivity index is 2.12. The van der Waals surface area contributed by atoms with Crippen LogP contribution in [-0.4, -0.2) is 23.8 Å². The molecular formula is C16H26O3. The highest BCUT2D eigenvalue weighted by Gasteiger charge is 2.65. The maximum Gasteiger partial charge on any atom is 0.303 e. The van der Waals surface area contributed by atoms with E-state index in [1.165, 1.54) is 6.92 Å². The lowest BCUT2D eigenvalue weighted by molar-refractivity contribution is -0.143. The summed E-state index contributed by atoms with van der Waals surface area (Å²) >= 11 is 0. The van der Waals surface area contributed by atoms with Crippen LogP contribution in [0.15, 0.2) is 12.2 Å². The van der Waals surface area contributed by atoms with E-state index in [2.05, 4.69) is 33.8 Å². The number of rotatable bonds is 3. The molecule has 2 rings (SSSR count). The Bertz CT molecular complexity index is 399. The molecule has 2 aliphatic rings. The van der Waals surface area contributed by atoms with Crippen molar-refractivity contribution in [2.24, 2.45) is 17.3 Å². The van der Waals surface area contributed by atoms with E-state index in [1.807, 2.05) is 13.0 Å². The van der Waals surface area contributed by atoms with Crippen LogP contribution in [0.25, 0.3) is 0 Å². The SMILES string of the molecule is CC(=O)O[C@@H](C)C=C[C@H]1C(C)(C)[C@H](C)C[C@H]2O[C@]21C. The molecule has 0 N–H and O–H groups in total. The number of epoxide rings is 1. The van der Waals surface area contributed by atoms with Crippen LogP contribution >= 0.6 is 0 Å². The molecule has 2 fully saturated rings. The minimum absolute atomic E-state index is 0.0253. The van der Waals surface area contributed by atoms with Gasteiger partial charge in [0.05, 0.1) is 11.7 Å². The van der Waals surface area contributed by atoms with E-state index in [0.29, 0.717) is 17.9 Å². The van der Waals surface area contributed by atoms with Crippen molar-refractivity contribution in [3.8, 4) is 0 Å². The first-order valence-corrected chi connectivity index (χ1v) is 7.21. The van der Waals surface area contributed by atoms with Crippen LogP contribution in [0, 0.1) is 17.3 Å². The number of ether oxygens (including phenoxy) is 2. The largest absolute Gasteiger partial charge is 0.459 e. The van der Waals surface area contributed by atoms with Crippen molar-refractivity contribution in [1.29, 1.82) is 0 Å². The zero-order chi connectivity index (χ0) is 14.4. The van der Waals surface area contributed by atoms with E-state index in [1.54, 1.807) is 0 Å². The van der Waals surface area contributed by atoms with Gasteiger partial charge in [-0.2, -0.15) is 0 Å². The van der Waals surface area contributed by atoms with Gasteiger partial charge in [-0.15, -0.1) is 0 Å². The first-order chi connectivity index (χ1) is 8.68. The highest BCUT2D eigenvalue weighted by atomic mass is 16.6. The summed E-state index contributed by atoms with van der Waals surface area (Å²) in [5.41, 5.74) is 0.177. The first-order valence-electron chi connectivity index (χ1n) is 7.21. The summed E-state index contributed by atoms with van der Waals surface area (Å²) in [7, 11) is 0. The number of carbonyl (C=O) groups is 1. The molecule has 0 aromatic heterocycles. The van der Waals surface area contributed by atoms with Crippen molar-refractivity contribution >= 4 is 5.97 Å². The number of fused-ring (bicyclic) bond motifs is 1. The molecule has 19 heavy (non-hydrogen) atoms. The Morgan fingerprint density at radius 1 is 1.42 bits per heavy atom. The molecule has 5 atom stereocenters. The first kappa shape index (κ1) is 14.6. The fourth-order valence-corrected chi connectivity index (χ4v) is 3.51. The molecule has 0 bridgehead atoms. The second-order valence-electron chi connectivity index (χ2n) is 6.93. The van der Waals surface area contributed by atoms with Crippen LogP contribution in [0.1, 0.15) is 48.0 Å². The molecule has 0 aromatic carbocycles. The van der Waals surface area contributed by atoms with Crippen molar-refractivity contribution in [2.75, 3.05) is 0 Å². The van der Waals surface area contributed by atoms with Crippen molar-refractivity contribution in [3.05, 3.63) is 12.2 Å². The second-order valence-corrected chi connectivity index (χ2v) is 6.93. The summed E-state index contributed by atoms with van der Waals surface area (Å²) in [6, 6.07) is 0. The fourth-order valence-electron chi connectivity index (χ4n) is 3.51. The lowest BCUT2D eigenvalue weighted by Gasteiger charge is -2.43. The van der Waals surface area contributed by atoms with Gasteiger partial charge >= 0.3 is 5.97 Å². The van der Waals surface area contributed by atoms with E-state index in [4.69, 9.17) is 9.47 Å². The third kappa shape index (κ3) is 2.58. The third-order valence-electron chi connectivity index (χ3n) is 5.16. The Labute approximate surface area is 116 Å². The minimum atomic E-state index is -0.236. The Morgan fingerprint density at radius 3 is 2.63 bits per heavy atom. The minimum Gasteiger partial charge on any atom is -0.459 e. The number of esters is 1. The molecule has 0 amide bonds. The molecule has 108 valence electrons. The van der Waals surface area contributed by atoms with Gasteiger partial charge in [0.1, 0.15) is 6.10 Å². The molecule has 1 saturated heterocycles. The molecule has 3 heteroatoms. The molecular weight excluding hydrogens is 240 g/mol. The van der Waals surface area contributed by atoms with Crippen molar-refractivity contribution in [3.63, 3.8) is 0 Å². The van der Waals surface area contributed by atoms with Gasteiger partial charge in [-0.25, -0.2) is 0 Å². The molecule has 1 aliphatic heterocycles. The van der Waals surface area contributed by atoms with Crippen molar-refractivity contribution in [2.45, 2.75) is 65.8 Å². The monoisotopic (exact) mass is 266 g/mol. The standard InChI is InChI=1S/C16H26O3/c1-10-9-14-16(6,19-14)13(15(10,4)5)8-7-11(2)18-12(3)17/h7-8,10-11,13-14H,9H2,1-6H3/t10-,11+,13+,14-,16+/m1/s1. The summed E-state index contributed by atoms with van der Waals surface area (Å²) in [6.07, 6.45) is 5.56. The van der Waals surface area contributed by atoms with Gasteiger partial charge in [-0.3, -0.25) is 4.79 Å². The lowest BCUT2D eigenvalue weighted by atomic mass is 9.59. The maximum atomic E-state index is 10.9. The maximum absolute atomic E-state index is 10.9. The van der Waals surface area contributed by atoms with E-state index in [-0.39, 0.29) is 23.1 Å². The van der Waals surface area contributed by atoms with Crippen LogP contribution in [0.4, 0.5) is 0 Å². The van der Waals surface area contributed by atoms with Gasteiger partial charge in [0.15, 0.2) is 0 Å². The average molecular weight is 266 g/mol. The summed E-state index contributed by atoms with van der Waals surface area (Å²) in [5.74, 6) is 0.763. The van der Waals surface area contributed by atoms with Crippen molar-refractivity contribution in [1.82, 2.24) is 0 Å². The van der Waals surface area contributed by atoms with Crippen LogP contribution in [0.3, 0.4) is 0 Å². The highest BCUT2D eigenvalue weighted by Crippen LogP contribution is 2.60. The summed E-state index contributed by atoms with van der Waals surface area (Å²) in [6.45, 7) is 12.5. The molecule has 0 aromatic rings. The smallest absolute Gasteiger partial charge is 0.303 e. The lowest BCUT2D eigenvalue weighted by Crippen LogP contribution is -2.44. The summed E-state index contributed by atoms with van der Waals surface area (Å²) in [4.78, 5) is 10.9. The number of hydrogen-bond donors (Lipinski definition) is 0. The Morgan fingerprint density at radius 2 is 2.05 bits per heavy atom. The molecule has 0 spiro atoms. The average Bonchev–Trinajstić information content (AvgIpc) is 2.87. The highest BCUT2D eigenvalue weighted by molar-refractivity contribution is 5.66. The van der Waals surface area contributed by atoms with Gasteiger partial charge < -0.3 is 9.47 Å². The predicted octanol–water partition coefficient (Wildman–Crippen LogP) is 3.33. The molecule has 3 nitrogen and oxygen atoms in total. The quantitative estimate of drug-likeness (QED) is 0.447. The van der Waals surface area contributed by atoms with Gasteiger partial charge in [0, 0.05) is 12.8 Å². The molecule has 1 aliphatic carbocycles. The van der Waals surface area contributed by atoms with Gasteiger partial charge in [0.25, 0.3) is 0 Å². The number of hydrogen-bond acceptors (Lipinski definition) is 3. The van der Waals surface area contributed by atoms with E-state index in [9.17, 15) is 4.79 Å². The second kappa shape index (κ2) is 4.62. The zero-order valence-electron chi connectivity index (χ0n) is 12.9. The molecule has 1 heterocycles. The predicted molar refractivity (Wildman–Crippen MR) is 74.7 cm³/mol. The summed E-state index contributed by atoms with van der Waals surface area (Å²) < 4.78 is 11.1. The molecule has 0 radical (unpaired) electrons. The fraction of sp³-hybridized carbons (Fsp3) is 0.812. The zero-order valence-corrected chi connectivity index (χ0v) is 12.9. The van der Waals surface area contributed by atoms with Gasteiger partial charge in [0.2, 0.25) is 0 Å². The van der Waals surface area contributed by atoms with Crippen molar-refractivity contribution < 1.29 is 14.3 Å². The van der Waals surface area contributed by atoms with Gasteiger partial charge in [-0.05, 0) is 37.7 Å².